The van der Waals surface area contributed by atoms with Gasteiger partial charge >= 0.3 is 0 Å². The number of nitrogens with zero attached hydrogens (tertiary/aromatic N) is 2. The highest BCUT2D eigenvalue weighted by Crippen LogP contribution is 2.25. The van der Waals surface area contributed by atoms with E-state index in [0.717, 1.165) is 22.4 Å². The highest BCUT2D eigenvalue weighted by molar-refractivity contribution is 6.20. The van der Waals surface area contributed by atoms with Crippen LogP contribution in [-0.2, 0) is 9.59 Å². The van der Waals surface area contributed by atoms with Gasteiger partial charge in [0, 0.05) is 29.7 Å². The number of H-pyrrole nitrogens is 1. The van der Waals surface area contributed by atoms with Crippen LogP contribution in [0.2, 0.25) is 0 Å². The summed E-state index contributed by atoms with van der Waals surface area (Å²) in [6, 6.07) is 21.6. The molecule has 152 valence electrons. The molecule has 4 aromatic rings. The van der Waals surface area contributed by atoms with E-state index in [1.54, 1.807) is 30.3 Å². The molecule has 1 fully saturated rings. The summed E-state index contributed by atoms with van der Waals surface area (Å²) < 4.78 is 0. The number of benzene rings is 3. The maximum atomic E-state index is 12.7. The summed E-state index contributed by atoms with van der Waals surface area (Å²) in [6.45, 7) is 0. The molecule has 31 heavy (non-hydrogen) atoms. The van der Waals surface area contributed by atoms with Gasteiger partial charge in [0.2, 0.25) is 11.8 Å². The van der Waals surface area contributed by atoms with E-state index in [1.165, 1.54) is 4.90 Å². The largest absolute Gasteiger partial charge is 0.338 e. The van der Waals surface area contributed by atoms with Crippen molar-refractivity contribution in [1.29, 1.82) is 0 Å². The van der Waals surface area contributed by atoms with Crippen molar-refractivity contribution in [2.75, 3.05) is 10.2 Å². The second kappa shape index (κ2) is 7.53. The Hall–Kier alpha value is -4.26. The Balaban J connectivity index is 1.34. The van der Waals surface area contributed by atoms with Crippen LogP contribution in [0.15, 0.2) is 72.8 Å². The van der Waals surface area contributed by atoms with E-state index < -0.39 is 0 Å². The Morgan fingerprint density at radius 3 is 2.39 bits per heavy atom. The Labute approximate surface area is 177 Å². The van der Waals surface area contributed by atoms with Gasteiger partial charge in [0.1, 0.15) is 5.82 Å². The molecule has 3 amide bonds. The zero-order valence-electron chi connectivity index (χ0n) is 16.5. The van der Waals surface area contributed by atoms with Crippen molar-refractivity contribution in [3.8, 4) is 11.4 Å². The molecule has 7 nitrogen and oxygen atoms in total. The fourth-order valence-electron chi connectivity index (χ4n) is 3.66. The molecule has 0 atom stereocenters. The smallest absolute Gasteiger partial charge is 0.255 e. The summed E-state index contributed by atoms with van der Waals surface area (Å²) in [7, 11) is 0. The molecule has 5 rings (SSSR count). The number of hydrogen-bond donors (Lipinski definition) is 2. The lowest BCUT2D eigenvalue weighted by Gasteiger charge is -2.14. The minimum absolute atomic E-state index is 0.218. The Morgan fingerprint density at radius 2 is 1.65 bits per heavy atom. The highest BCUT2D eigenvalue weighted by Gasteiger charge is 2.30. The van der Waals surface area contributed by atoms with Crippen molar-refractivity contribution in [3.05, 3.63) is 78.4 Å². The molecule has 1 saturated heterocycles. The summed E-state index contributed by atoms with van der Waals surface area (Å²) in [6.07, 6.45) is 0.450. The van der Waals surface area contributed by atoms with Crippen molar-refractivity contribution in [2.24, 2.45) is 0 Å². The monoisotopic (exact) mass is 410 g/mol. The number of carbonyl (C=O) groups is 3. The van der Waals surface area contributed by atoms with Crippen LogP contribution < -0.4 is 10.2 Å². The molecule has 2 heterocycles. The van der Waals surface area contributed by atoms with E-state index >= 15 is 0 Å². The first-order valence-corrected chi connectivity index (χ1v) is 9.91. The summed E-state index contributed by atoms with van der Waals surface area (Å²) in [5.74, 6) is 0.00295. The summed E-state index contributed by atoms with van der Waals surface area (Å²) in [5.41, 5.74) is 4.23. The maximum absolute atomic E-state index is 12.7. The fraction of sp³-hybridized carbons (Fsp3) is 0.0833. The number of nitrogens with one attached hydrogen (secondary N) is 2. The molecule has 1 aliphatic heterocycles. The third kappa shape index (κ3) is 3.57. The minimum atomic E-state index is -0.285. The predicted molar refractivity (Wildman–Crippen MR) is 118 cm³/mol. The van der Waals surface area contributed by atoms with Crippen LogP contribution in [0.5, 0.6) is 0 Å². The van der Waals surface area contributed by atoms with Crippen molar-refractivity contribution in [1.82, 2.24) is 9.97 Å². The third-order valence-electron chi connectivity index (χ3n) is 5.22. The molecule has 0 aliphatic carbocycles. The van der Waals surface area contributed by atoms with Crippen molar-refractivity contribution in [2.45, 2.75) is 12.8 Å². The number of anilines is 2. The molecule has 0 saturated carbocycles. The lowest BCUT2D eigenvalue weighted by molar-refractivity contribution is -0.121. The van der Waals surface area contributed by atoms with Gasteiger partial charge in [-0.05, 0) is 48.5 Å². The second-order valence-corrected chi connectivity index (χ2v) is 7.31. The zero-order valence-corrected chi connectivity index (χ0v) is 16.5. The first-order chi connectivity index (χ1) is 15.1. The van der Waals surface area contributed by atoms with E-state index in [-0.39, 0.29) is 30.6 Å². The molecule has 2 N–H and O–H groups in total. The standard InChI is InChI=1S/C24H18N4O3/c29-21-12-13-22(30)28(21)18-10-8-15(9-11-18)24(31)25-17-5-3-4-16(14-17)23-26-19-6-1-2-7-20(19)27-23/h1-11,14H,12-13H2,(H,25,31)(H,26,27). The van der Waals surface area contributed by atoms with Crippen LogP contribution >= 0.6 is 0 Å². The average molecular weight is 410 g/mol. The van der Waals surface area contributed by atoms with Gasteiger partial charge in [-0.1, -0.05) is 24.3 Å². The van der Waals surface area contributed by atoms with Gasteiger partial charge in [0.05, 0.1) is 16.7 Å². The van der Waals surface area contributed by atoms with Gasteiger partial charge in [-0.15, -0.1) is 0 Å². The second-order valence-electron chi connectivity index (χ2n) is 7.31. The molecule has 7 heteroatoms. The van der Waals surface area contributed by atoms with Crippen LogP contribution in [0.3, 0.4) is 0 Å². The topological polar surface area (TPSA) is 95.2 Å². The van der Waals surface area contributed by atoms with E-state index in [1.807, 2.05) is 42.5 Å². The number of carbonyl (C=O) groups excluding carboxylic acids is 3. The molecular weight excluding hydrogens is 392 g/mol. The lowest BCUT2D eigenvalue weighted by atomic mass is 10.1. The number of hydrogen-bond acceptors (Lipinski definition) is 4. The molecule has 0 spiro atoms. The molecule has 1 aromatic heterocycles. The number of imide groups is 1. The minimum Gasteiger partial charge on any atom is -0.338 e. The van der Waals surface area contributed by atoms with Crippen LogP contribution in [0.25, 0.3) is 22.4 Å². The van der Waals surface area contributed by atoms with Crippen molar-refractivity contribution >= 4 is 40.1 Å². The Bertz CT molecular complexity index is 1280. The van der Waals surface area contributed by atoms with Crippen LogP contribution in [-0.4, -0.2) is 27.7 Å². The predicted octanol–water partition coefficient (Wildman–Crippen LogP) is 4.14. The van der Waals surface area contributed by atoms with Crippen LogP contribution in [0.1, 0.15) is 23.2 Å². The molecule has 0 bridgehead atoms. The molecule has 0 unspecified atom stereocenters. The normalized spacial score (nSPS) is 13.7. The van der Waals surface area contributed by atoms with E-state index in [9.17, 15) is 14.4 Å². The first-order valence-electron chi connectivity index (χ1n) is 9.91. The number of amides is 3. The van der Waals surface area contributed by atoms with E-state index in [4.69, 9.17) is 0 Å². The van der Waals surface area contributed by atoms with E-state index in [2.05, 4.69) is 15.3 Å². The molecule has 3 aromatic carbocycles. The Morgan fingerprint density at radius 1 is 0.903 bits per heavy atom. The van der Waals surface area contributed by atoms with E-state index in [0.29, 0.717) is 16.9 Å². The Kier molecular flexibility index (Phi) is 4.55. The summed E-state index contributed by atoms with van der Waals surface area (Å²) in [5, 5.41) is 2.88. The number of fused-ring (bicyclic) bond motifs is 1. The molecule has 1 aliphatic rings. The molecule has 0 radical (unpaired) electrons. The van der Waals surface area contributed by atoms with Crippen LogP contribution in [0, 0.1) is 0 Å². The number of para-hydroxylation sites is 2. The van der Waals surface area contributed by atoms with Crippen molar-refractivity contribution < 1.29 is 14.4 Å². The number of rotatable bonds is 4. The summed E-state index contributed by atoms with van der Waals surface area (Å²) in [4.78, 5) is 45.5. The van der Waals surface area contributed by atoms with Gasteiger partial charge in [0.15, 0.2) is 0 Å². The number of imidazole rings is 1. The molecular formula is C24H18N4O3. The van der Waals surface area contributed by atoms with Gasteiger partial charge in [-0.2, -0.15) is 0 Å². The van der Waals surface area contributed by atoms with Crippen molar-refractivity contribution in [3.63, 3.8) is 0 Å². The number of aromatic nitrogens is 2. The van der Waals surface area contributed by atoms with Crippen LogP contribution in [0.4, 0.5) is 11.4 Å². The van der Waals surface area contributed by atoms with Gasteiger partial charge in [0.25, 0.3) is 5.91 Å². The third-order valence-corrected chi connectivity index (χ3v) is 5.22. The fourth-order valence-corrected chi connectivity index (χ4v) is 3.66. The van der Waals surface area contributed by atoms with Gasteiger partial charge in [-0.25, -0.2) is 4.98 Å². The highest BCUT2D eigenvalue weighted by atomic mass is 16.2. The zero-order chi connectivity index (χ0) is 21.4. The number of aromatic amines is 1. The van der Waals surface area contributed by atoms with Gasteiger partial charge in [-0.3, -0.25) is 19.3 Å². The maximum Gasteiger partial charge on any atom is 0.255 e. The average Bonchev–Trinajstić information content (AvgIpc) is 3.37. The lowest BCUT2D eigenvalue weighted by Crippen LogP contribution is -2.28. The quantitative estimate of drug-likeness (QED) is 0.495. The van der Waals surface area contributed by atoms with Gasteiger partial charge < -0.3 is 10.3 Å². The summed E-state index contributed by atoms with van der Waals surface area (Å²) >= 11 is 0. The SMILES string of the molecule is O=C(Nc1cccc(-c2nc3ccccc3[nH]2)c1)c1ccc(N2C(=O)CCC2=O)cc1. The first kappa shape index (κ1) is 18.7.